The summed E-state index contributed by atoms with van der Waals surface area (Å²) in [5, 5.41) is 0. The zero-order chi connectivity index (χ0) is 13.1. The Kier molecular flexibility index (Phi) is 3.87. The summed E-state index contributed by atoms with van der Waals surface area (Å²) in [5.74, 6) is 1.90. The lowest BCUT2D eigenvalue weighted by Crippen LogP contribution is -1.95. The van der Waals surface area contributed by atoms with E-state index >= 15 is 0 Å². The maximum absolute atomic E-state index is 5.85. The Morgan fingerprint density at radius 3 is 2.67 bits per heavy atom. The molecule has 0 saturated heterocycles. The minimum absolute atomic E-state index is 0.465. The van der Waals surface area contributed by atoms with E-state index in [2.05, 4.69) is 18.0 Å². The molecule has 0 aliphatic carbocycles. The Labute approximate surface area is 113 Å². The molecule has 0 N–H and O–H groups in total. The summed E-state index contributed by atoms with van der Waals surface area (Å²) in [4.78, 5) is 4.37. The van der Waals surface area contributed by atoms with Crippen molar-refractivity contribution in [1.29, 1.82) is 0 Å². The number of aromatic nitrogens is 1. The van der Waals surface area contributed by atoms with Crippen LogP contribution in [-0.4, -0.2) is 4.98 Å². The first-order valence-electron chi connectivity index (χ1n) is 5.87. The fourth-order valence-electron chi connectivity index (χ4n) is 1.78. The molecule has 0 aliphatic heterocycles. The fraction of sp³-hybridized carbons (Fsp3) is 0.267. The molecule has 2 aromatic rings. The Bertz CT molecular complexity index is 566. The van der Waals surface area contributed by atoms with E-state index in [1.807, 2.05) is 38.1 Å². The lowest BCUT2D eigenvalue weighted by Gasteiger charge is -2.11. The Balaban J connectivity index is 2.34. The maximum Gasteiger partial charge on any atom is 0.219 e. The second-order valence-corrected chi connectivity index (χ2v) is 4.66. The van der Waals surface area contributed by atoms with Gasteiger partial charge in [0.15, 0.2) is 0 Å². The van der Waals surface area contributed by atoms with E-state index in [0.717, 1.165) is 22.6 Å². The topological polar surface area (TPSA) is 22.1 Å². The lowest BCUT2D eigenvalue weighted by molar-refractivity contribution is 0.457. The maximum atomic E-state index is 5.85. The molecule has 0 unspecified atom stereocenters. The van der Waals surface area contributed by atoms with Gasteiger partial charge in [0.1, 0.15) is 5.75 Å². The van der Waals surface area contributed by atoms with Gasteiger partial charge in [0.2, 0.25) is 5.88 Å². The summed E-state index contributed by atoms with van der Waals surface area (Å²) >= 11 is 5.85. The van der Waals surface area contributed by atoms with E-state index < -0.39 is 0 Å². The molecule has 0 aliphatic rings. The van der Waals surface area contributed by atoms with Gasteiger partial charge in [-0.1, -0.05) is 12.1 Å². The number of rotatable bonds is 3. The zero-order valence-corrected chi connectivity index (χ0v) is 11.6. The molecule has 94 valence electrons. The van der Waals surface area contributed by atoms with Crippen LogP contribution in [0.15, 0.2) is 30.3 Å². The summed E-state index contributed by atoms with van der Waals surface area (Å²) in [6, 6.07) is 9.84. The minimum Gasteiger partial charge on any atom is -0.439 e. The van der Waals surface area contributed by atoms with Crippen LogP contribution in [0.4, 0.5) is 0 Å². The Morgan fingerprint density at radius 2 is 1.94 bits per heavy atom. The number of ether oxygens (including phenoxy) is 1. The third kappa shape index (κ3) is 2.82. The van der Waals surface area contributed by atoms with Crippen molar-refractivity contribution in [3.63, 3.8) is 0 Å². The second-order valence-electron chi connectivity index (χ2n) is 4.39. The third-order valence-electron chi connectivity index (χ3n) is 2.91. The number of halogens is 1. The predicted octanol–water partition coefficient (Wildman–Crippen LogP) is 4.54. The van der Waals surface area contributed by atoms with Gasteiger partial charge in [0.05, 0.1) is 0 Å². The van der Waals surface area contributed by atoms with E-state index in [9.17, 15) is 0 Å². The van der Waals surface area contributed by atoms with Gasteiger partial charge >= 0.3 is 0 Å². The molecule has 18 heavy (non-hydrogen) atoms. The van der Waals surface area contributed by atoms with E-state index in [0.29, 0.717) is 11.8 Å². The van der Waals surface area contributed by atoms with Crippen molar-refractivity contribution in [3.05, 3.63) is 52.7 Å². The summed E-state index contributed by atoms with van der Waals surface area (Å²) in [7, 11) is 0. The van der Waals surface area contributed by atoms with Gasteiger partial charge in [-0.25, -0.2) is 4.98 Å². The van der Waals surface area contributed by atoms with Crippen LogP contribution in [0.25, 0.3) is 0 Å². The summed E-state index contributed by atoms with van der Waals surface area (Å²) < 4.78 is 5.84. The monoisotopic (exact) mass is 261 g/mol. The fourth-order valence-corrected chi connectivity index (χ4v) is 1.94. The minimum atomic E-state index is 0.465. The molecule has 0 saturated carbocycles. The average Bonchev–Trinajstić information content (AvgIpc) is 2.34. The molecule has 1 heterocycles. The van der Waals surface area contributed by atoms with Crippen LogP contribution < -0.4 is 4.74 Å². The van der Waals surface area contributed by atoms with Gasteiger partial charge < -0.3 is 4.74 Å². The molecule has 0 amide bonds. The van der Waals surface area contributed by atoms with Crippen LogP contribution in [0.2, 0.25) is 0 Å². The molecule has 0 atom stereocenters. The third-order valence-corrected chi connectivity index (χ3v) is 3.22. The average molecular weight is 262 g/mol. The standard InChI is InChI=1S/C15H16ClNO/c1-10-5-4-6-14(12(10)3)18-15-8-13(9-16)7-11(2)17-15/h4-8H,9H2,1-3H3. The van der Waals surface area contributed by atoms with Crippen molar-refractivity contribution in [2.75, 3.05) is 0 Å². The highest BCUT2D eigenvalue weighted by molar-refractivity contribution is 6.17. The molecule has 2 rings (SSSR count). The lowest BCUT2D eigenvalue weighted by atomic mass is 10.1. The highest BCUT2D eigenvalue weighted by Crippen LogP contribution is 2.26. The largest absolute Gasteiger partial charge is 0.439 e. The molecule has 0 bridgehead atoms. The van der Waals surface area contributed by atoms with Gasteiger partial charge in [0.25, 0.3) is 0 Å². The van der Waals surface area contributed by atoms with Gasteiger partial charge in [-0.05, 0) is 49.6 Å². The van der Waals surface area contributed by atoms with E-state index in [4.69, 9.17) is 16.3 Å². The number of nitrogens with zero attached hydrogens (tertiary/aromatic N) is 1. The molecule has 3 heteroatoms. The van der Waals surface area contributed by atoms with Gasteiger partial charge in [-0.2, -0.15) is 0 Å². The molecule has 0 spiro atoms. The highest BCUT2D eigenvalue weighted by Gasteiger charge is 2.06. The quantitative estimate of drug-likeness (QED) is 0.757. The van der Waals surface area contributed by atoms with E-state index in [1.165, 1.54) is 5.56 Å². The van der Waals surface area contributed by atoms with Crippen molar-refractivity contribution in [3.8, 4) is 11.6 Å². The molecular weight excluding hydrogens is 246 g/mol. The summed E-state index contributed by atoms with van der Waals surface area (Å²) in [6.45, 7) is 6.05. The first-order valence-corrected chi connectivity index (χ1v) is 6.41. The van der Waals surface area contributed by atoms with Crippen LogP contribution in [0.5, 0.6) is 11.6 Å². The van der Waals surface area contributed by atoms with Crippen molar-refractivity contribution < 1.29 is 4.74 Å². The van der Waals surface area contributed by atoms with Crippen molar-refractivity contribution in [1.82, 2.24) is 4.98 Å². The summed E-state index contributed by atoms with van der Waals surface area (Å²) in [6.07, 6.45) is 0. The molecule has 2 nitrogen and oxygen atoms in total. The Hall–Kier alpha value is -1.54. The van der Waals surface area contributed by atoms with Crippen molar-refractivity contribution in [2.45, 2.75) is 26.7 Å². The second kappa shape index (κ2) is 5.40. The smallest absolute Gasteiger partial charge is 0.219 e. The first-order chi connectivity index (χ1) is 8.60. The number of pyridine rings is 1. The van der Waals surface area contributed by atoms with Crippen LogP contribution in [0.3, 0.4) is 0 Å². The van der Waals surface area contributed by atoms with Crippen LogP contribution in [-0.2, 0) is 5.88 Å². The number of hydrogen-bond donors (Lipinski definition) is 0. The predicted molar refractivity (Wildman–Crippen MR) is 74.5 cm³/mol. The number of alkyl halides is 1. The van der Waals surface area contributed by atoms with E-state index in [-0.39, 0.29) is 0 Å². The normalized spacial score (nSPS) is 10.4. The number of hydrogen-bond acceptors (Lipinski definition) is 2. The van der Waals surface area contributed by atoms with Gasteiger partial charge in [-0.15, -0.1) is 11.6 Å². The SMILES string of the molecule is Cc1cc(CCl)cc(Oc2cccc(C)c2C)n1. The van der Waals surface area contributed by atoms with Crippen LogP contribution in [0, 0.1) is 20.8 Å². The zero-order valence-electron chi connectivity index (χ0n) is 10.8. The van der Waals surface area contributed by atoms with Crippen molar-refractivity contribution in [2.24, 2.45) is 0 Å². The van der Waals surface area contributed by atoms with Gasteiger partial charge in [-0.3, -0.25) is 0 Å². The molecule has 0 fully saturated rings. The Morgan fingerprint density at radius 1 is 1.17 bits per heavy atom. The first kappa shape index (κ1) is 12.9. The molecule has 0 radical (unpaired) electrons. The van der Waals surface area contributed by atoms with Gasteiger partial charge in [0, 0.05) is 17.6 Å². The number of aryl methyl sites for hydroxylation is 2. The van der Waals surface area contributed by atoms with Crippen molar-refractivity contribution >= 4 is 11.6 Å². The van der Waals surface area contributed by atoms with E-state index in [1.54, 1.807) is 0 Å². The molecule has 1 aromatic heterocycles. The molecular formula is C15H16ClNO. The number of benzene rings is 1. The van der Waals surface area contributed by atoms with Crippen LogP contribution in [0.1, 0.15) is 22.4 Å². The summed E-state index contributed by atoms with van der Waals surface area (Å²) in [5.41, 5.74) is 4.27. The highest BCUT2D eigenvalue weighted by atomic mass is 35.5. The van der Waals surface area contributed by atoms with Crippen LogP contribution >= 0.6 is 11.6 Å². The molecule has 1 aromatic carbocycles.